The Morgan fingerprint density at radius 2 is 2.20 bits per heavy atom. The zero-order chi connectivity index (χ0) is 14.8. The molecule has 0 aliphatic heterocycles. The van der Waals surface area contributed by atoms with Gasteiger partial charge in [0, 0.05) is 18.2 Å². The van der Waals surface area contributed by atoms with Crippen molar-refractivity contribution in [2.75, 3.05) is 20.3 Å². The van der Waals surface area contributed by atoms with Crippen LogP contribution in [0.5, 0.6) is 5.75 Å². The summed E-state index contributed by atoms with van der Waals surface area (Å²) < 4.78 is 10.3. The van der Waals surface area contributed by atoms with E-state index in [1.807, 2.05) is 25.1 Å². The molecule has 0 bridgehead atoms. The van der Waals surface area contributed by atoms with Crippen LogP contribution in [0.25, 0.3) is 6.08 Å². The second kappa shape index (κ2) is 9.15. The lowest BCUT2D eigenvalue weighted by Crippen LogP contribution is -2.02. The Bertz CT molecular complexity index is 452. The van der Waals surface area contributed by atoms with Crippen LogP contribution in [0.4, 0.5) is 0 Å². The third-order valence-electron chi connectivity index (χ3n) is 2.89. The average Bonchev–Trinajstić information content (AvgIpc) is 2.46. The molecular formula is C16H22O4. The molecule has 0 saturated carbocycles. The topological polar surface area (TPSA) is 55.8 Å². The normalized spacial score (nSPS) is 10.8. The van der Waals surface area contributed by atoms with Crippen molar-refractivity contribution in [1.29, 1.82) is 0 Å². The van der Waals surface area contributed by atoms with Crippen molar-refractivity contribution in [3.63, 3.8) is 0 Å². The van der Waals surface area contributed by atoms with E-state index in [9.17, 15) is 4.79 Å². The van der Waals surface area contributed by atoms with Gasteiger partial charge in [-0.05, 0) is 30.5 Å². The molecular weight excluding hydrogens is 256 g/mol. The number of carbonyl (C=O) groups excluding carboxylic acids is 1. The fourth-order valence-electron chi connectivity index (χ4n) is 1.83. The Kier molecular flexibility index (Phi) is 7.43. The van der Waals surface area contributed by atoms with Gasteiger partial charge >= 0.3 is 5.97 Å². The maximum atomic E-state index is 11.5. The van der Waals surface area contributed by atoms with Crippen molar-refractivity contribution in [1.82, 2.24) is 0 Å². The van der Waals surface area contributed by atoms with E-state index >= 15 is 0 Å². The third-order valence-corrected chi connectivity index (χ3v) is 2.89. The molecule has 0 aromatic heterocycles. The molecule has 0 aliphatic carbocycles. The average molecular weight is 278 g/mol. The predicted molar refractivity (Wildman–Crippen MR) is 78.7 cm³/mol. The Balaban J connectivity index is 2.77. The molecule has 1 aromatic rings. The van der Waals surface area contributed by atoms with Crippen LogP contribution in [-0.2, 0) is 16.0 Å². The van der Waals surface area contributed by atoms with Gasteiger partial charge in [-0.3, -0.25) is 0 Å². The first-order chi connectivity index (χ1) is 9.72. The summed E-state index contributed by atoms with van der Waals surface area (Å²) in [6.07, 6.45) is 5.45. The number of hydrogen-bond donors (Lipinski definition) is 1. The molecule has 1 rings (SSSR count). The van der Waals surface area contributed by atoms with Crippen molar-refractivity contribution in [2.24, 2.45) is 0 Å². The molecule has 0 spiro atoms. The number of unbranched alkanes of at least 4 members (excludes halogenated alkanes) is 1. The van der Waals surface area contributed by atoms with Crippen LogP contribution < -0.4 is 4.74 Å². The van der Waals surface area contributed by atoms with Crippen LogP contribution in [-0.4, -0.2) is 31.4 Å². The minimum absolute atomic E-state index is 0.0299. The molecule has 0 aliphatic rings. The van der Waals surface area contributed by atoms with Gasteiger partial charge in [0.15, 0.2) is 0 Å². The SMILES string of the molecule is CCCCOC(=O)/C=C/c1cccc(OC)c1CCO. The van der Waals surface area contributed by atoms with Crippen molar-refractivity contribution in [3.8, 4) is 5.75 Å². The zero-order valence-corrected chi connectivity index (χ0v) is 12.1. The van der Waals surface area contributed by atoms with E-state index in [0.717, 1.165) is 24.0 Å². The van der Waals surface area contributed by atoms with Gasteiger partial charge in [0.25, 0.3) is 0 Å². The van der Waals surface area contributed by atoms with E-state index in [1.54, 1.807) is 13.2 Å². The van der Waals surface area contributed by atoms with Crippen LogP contribution in [0.3, 0.4) is 0 Å². The van der Waals surface area contributed by atoms with Gasteiger partial charge in [-0.15, -0.1) is 0 Å². The maximum Gasteiger partial charge on any atom is 0.330 e. The monoisotopic (exact) mass is 278 g/mol. The van der Waals surface area contributed by atoms with Crippen LogP contribution in [0, 0.1) is 0 Å². The fraction of sp³-hybridized carbons (Fsp3) is 0.438. The number of aliphatic hydroxyl groups is 1. The summed E-state index contributed by atoms with van der Waals surface area (Å²) in [5.41, 5.74) is 1.74. The fourth-order valence-corrected chi connectivity index (χ4v) is 1.83. The van der Waals surface area contributed by atoms with Gasteiger partial charge in [-0.1, -0.05) is 25.5 Å². The van der Waals surface area contributed by atoms with Gasteiger partial charge in [0.1, 0.15) is 5.75 Å². The molecule has 20 heavy (non-hydrogen) atoms. The van der Waals surface area contributed by atoms with Crippen LogP contribution >= 0.6 is 0 Å². The summed E-state index contributed by atoms with van der Waals surface area (Å²) in [7, 11) is 1.59. The number of carbonyl (C=O) groups is 1. The quantitative estimate of drug-likeness (QED) is 0.451. The summed E-state index contributed by atoms with van der Waals surface area (Å²) in [6, 6.07) is 5.56. The molecule has 0 saturated heterocycles. The van der Waals surface area contributed by atoms with Gasteiger partial charge < -0.3 is 14.6 Å². The van der Waals surface area contributed by atoms with E-state index in [1.165, 1.54) is 6.08 Å². The summed E-state index contributed by atoms with van der Waals surface area (Å²) in [5.74, 6) is 0.358. The third kappa shape index (κ3) is 5.05. The van der Waals surface area contributed by atoms with E-state index < -0.39 is 0 Å². The van der Waals surface area contributed by atoms with Crippen LogP contribution in [0.15, 0.2) is 24.3 Å². The molecule has 1 N–H and O–H groups in total. The van der Waals surface area contributed by atoms with E-state index in [2.05, 4.69) is 0 Å². The first-order valence-corrected chi connectivity index (χ1v) is 6.84. The molecule has 4 heteroatoms. The van der Waals surface area contributed by atoms with Gasteiger partial charge in [0.05, 0.1) is 13.7 Å². The highest BCUT2D eigenvalue weighted by Crippen LogP contribution is 2.23. The molecule has 0 atom stereocenters. The lowest BCUT2D eigenvalue weighted by Gasteiger charge is -2.10. The van der Waals surface area contributed by atoms with Crippen LogP contribution in [0.2, 0.25) is 0 Å². The van der Waals surface area contributed by atoms with Crippen molar-refractivity contribution in [3.05, 3.63) is 35.4 Å². The predicted octanol–water partition coefficient (Wildman–Crippen LogP) is 2.59. The summed E-state index contributed by atoms with van der Waals surface area (Å²) in [4.78, 5) is 11.5. The lowest BCUT2D eigenvalue weighted by atomic mass is 10.0. The van der Waals surface area contributed by atoms with E-state index in [-0.39, 0.29) is 12.6 Å². The van der Waals surface area contributed by atoms with E-state index in [4.69, 9.17) is 14.6 Å². The number of methoxy groups -OCH3 is 1. The molecule has 0 fully saturated rings. The highest BCUT2D eigenvalue weighted by molar-refractivity contribution is 5.87. The van der Waals surface area contributed by atoms with Crippen molar-refractivity contribution >= 4 is 12.0 Å². The van der Waals surface area contributed by atoms with Crippen molar-refractivity contribution < 1.29 is 19.4 Å². The van der Waals surface area contributed by atoms with Crippen LogP contribution in [0.1, 0.15) is 30.9 Å². The Morgan fingerprint density at radius 3 is 2.85 bits per heavy atom. The second-order valence-electron chi connectivity index (χ2n) is 4.36. The molecule has 0 heterocycles. The number of hydrogen-bond acceptors (Lipinski definition) is 4. The first-order valence-electron chi connectivity index (χ1n) is 6.84. The first kappa shape index (κ1) is 16.2. The number of rotatable bonds is 8. The highest BCUT2D eigenvalue weighted by Gasteiger charge is 2.07. The molecule has 0 radical (unpaired) electrons. The van der Waals surface area contributed by atoms with Gasteiger partial charge in [-0.2, -0.15) is 0 Å². The highest BCUT2D eigenvalue weighted by atomic mass is 16.5. The van der Waals surface area contributed by atoms with Crippen molar-refractivity contribution in [2.45, 2.75) is 26.2 Å². The Hall–Kier alpha value is -1.81. The second-order valence-corrected chi connectivity index (χ2v) is 4.36. The number of aliphatic hydroxyl groups excluding tert-OH is 1. The summed E-state index contributed by atoms with van der Waals surface area (Å²) in [6.45, 7) is 2.52. The Morgan fingerprint density at radius 1 is 1.40 bits per heavy atom. The molecule has 0 amide bonds. The number of benzene rings is 1. The standard InChI is InChI=1S/C16H22O4/c1-3-4-12-20-16(18)9-8-13-6-5-7-15(19-2)14(13)10-11-17/h5-9,17H,3-4,10-12H2,1-2H3/b9-8+. The largest absolute Gasteiger partial charge is 0.496 e. The minimum atomic E-state index is -0.351. The molecule has 4 nitrogen and oxygen atoms in total. The smallest absolute Gasteiger partial charge is 0.330 e. The maximum absolute atomic E-state index is 11.5. The van der Waals surface area contributed by atoms with Gasteiger partial charge in [0.2, 0.25) is 0 Å². The number of esters is 1. The molecule has 1 aromatic carbocycles. The van der Waals surface area contributed by atoms with Gasteiger partial charge in [-0.25, -0.2) is 4.79 Å². The lowest BCUT2D eigenvalue weighted by molar-refractivity contribution is -0.137. The molecule has 0 unspecified atom stereocenters. The Labute approximate surface area is 120 Å². The molecule has 110 valence electrons. The number of ether oxygens (including phenoxy) is 2. The zero-order valence-electron chi connectivity index (χ0n) is 12.1. The summed E-state index contributed by atoms with van der Waals surface area (Å²) >= 11 is 0. The van der Waals surface area contributed by atoms with E-state index in [0.29, 0.717) is 18.8 Å². The minimum Gasteiger partial charge on any atom is -0.496 e. The summed E-state index contributed by atoms with van der Waals surface area (Å²) in [5, 5.41) is 9.11.